The molecule has 0 radical (unpaired) electrons. The zero-order valence-corrected chi connectivity index (χ0v) is 7.20. The normalized spacial score (nSPS) is 27.2. The summed E-state index contributed by atoms with van der Waals surface area (Å²) in [5.41, 5.74) is 2.33. The van der Waals surface area contributed by atoms with Gasteiger partial charge < -0.3 is 5.11 Å². The van der Waals surface area contributed by atoms with E-state index in [0.717, 1.165) is 12.1 Å². The summed E-state index contributed by atoms with van der Waals surface area (Å²) in [4.78, 5) is 4.33. The lowest BCUT2D eigenvalue weighted by Crippen LogP contribution is -1.91. The molecule has 1 fully saturated rings. The molecule has 0 saturated heterocycles. The van der Waals surface area contributed by atoms with Crippen LogP contribution < -0.4 is 0 Å². The predicted octanol–water partition coefficient (Wildman–Crippen LogP) is 1.49. The highest BCUT2D eigenvalue weighted by molar-refractivity contribution is 5.20. The van der Waals surface area contributed by atoms with Crippen molar-refractivity contribution in [3.05, 3.63) is 29.6 Å². The van der Waals surface area contributed by atoms with E-state index in [9.17, 15) is 0 Å². The van der Waals surface area contributed by atoms with Crippen LogP contribution in [0.25, 0.3) is 0 Å². The molecule has 64 valence electrons. The first-order chi connectivity index (χ1) is 5.81. The number of hydrogen-bond donors (Lipinski definition) is 1. The zero-order chi connectivity index (χ0) is 8.55. The van der Waals surface area contributed by atoms with E-state index in [4.69, 9.17) is 5.11 Å². The van der Waals surface area contributed by atoms with Gasteiger partial charge in [0, 0.05) is 24.4 Å². The maximum Gasteiger partial charge on any atom is 0.0465 e. The Morgan fingerprint density at radius 2 is 2.42 bits per heavy atom. The van der Waals surface area contributed by atoms with Crippen LogP contribution in [-0.2, 0) is 0 Å². The zero-order valence-electron chi connectivity index (χ0n) is 7.20. The van der Waals surface area contributed by atoms with Crippen molar-refractivity contribution in [1.82, 2.24) is 4.98 Å². The molecular formula is C10H13NO. The molecule has 1 aromatic heterocycles. The molecule has 1 N–H and O–H groups in total. The van der Waals surface area contributed by atoms with E-state index in [-0.39, 0.29) is 0 Å². The van der Waals surface area contributed by atoms with Gasteiger partial charge in [0.05, 0.1) is 0 Å². The summed E-state index contributed by atoms with van der Waals surface area (Å²) in [6, 6.07) is 4.14. The lowest BCUT2D eigenvalue weighted by molar-refractivity contribution is 0.273. The van der Waals surface area contributed by atoms with E-state index in [0.29, 0.717) is 18.4 Å². The van der Waals surface area contributed by atoms with Crippen molar-refractivity contribution in [3.8, 4) is 0 Å². The minimum absolute atomic E-state index is 0.306. The Balaban J connectivity index is 2.10. The summed E-state index contributed by atoms with van der Waals surface area (Å²) < 4.78 is 0. The van der Waals surface area contributed by atoms with Crippen LogP contribution in [0.5, 0.6) is 0 Å². The van der Waals surface area contributed by atoms with E-state index in [1.165, 1.54) is 5.56 Å². The Morgan fingerprint density at radius 1 is 1.58 bits per heavy atom. The summed E-state index contributed by atoms with van der Waals surface area (Å²) in [6.07, 6.45) is 2.99. The van der Waals surface area contributed by atoms with Gasteiger partial charge in [0.25, 0.3) is 0 Å². The van der Waals surface area contributed by atoms with Gasteiger partial charge in [-0.3, -0.25) is 4.98 Å². The molecule has 0 aromatic carbocycles. The first-order valence-corrected chi connectivity index (χ1v) is 4.34. The third-order valence-electron chi connectivity index (χ3n) is 2.47. The van der Waals surface area contributed by atoms with E-state index in [2.05, 4.69) is 17.1 Å². The third kappa shape index (κ3) is 1.34. The lowest BCUT2D eigenvalue weighted by Gasteiger charge is -1.97. The second-order valence-electron chi connectivity index (χ2n) is 3.55. The monoisotopic (exact) mass is 163 g/mol. The van der Waals surface area contributed by atoms with Gasteiger partial charge in [0.15, 0.2) is 0 Å². The second-order valence-corrected chi connectivity index (χ2v) is 3.55. The van der Waals surface area contributed by atoms with Gasteiger partial charge in [-0.1, -0.05) is 6.07 Å². The first-order valence-electron chi connectivity index (χ1n) is 4.34. The molecule has 1 aliphatic rings. The highest BCUT2D eigenvalue weighted by atomic mass is 16.3. The molecule has 0 spiro atoms. The van der Waals surface area contributed by atoms with Crippen LogP contribution in [0.1, 0.15) is 23.6 Å². The first kappa shape index (κ1) is 7.74. The van der Waals surface area contributed by atoms with E-state index in [1.807, 2.05) is 13.1 Å². The molecule has 1 heterocycles. The van der Waals surface area contributed by atoms with Gasteiger partial charge in [-0.05, 0) is 30.9 Å². The average Bonchev–Trinajstić information content (AvgIpc) is 2.85. The fraction of sp³-hybridized carbons (Fsp3) is 0.500. The van der Waals surface area contributed by atoms with E-state index >= 15 is 0 Å². The topological polar surface area (TPSA) is 33.1 Å². The summed E-state index contributed by atoms with van der Waals surface area (Å²) >= 11 is 0. The molecule has 1 aromatic rings. The molecule has 1 aliphatic carbocycles. The Morgan fingerprint density at radius 3 is 2.92 bits per heavy atom. The summed E-state index contributed by atoms with van der Waals surface area (Å²) in [5, 5.41) is 8.86. The molecule has 0 aliphatic heterocycles. The average molecular weight is 163 g/mol. The Kier molecular flexibility index (Phi) is 1.85. The van der Waals surface area contributed by atoms with Gasteiger partial charge in [-0.25, -0.2) is 0 Å². The van der Waals surface area contributed by atoms with Crippen molar-refractivity contribution < 1.29 is 5.11 Å². The number of aryl methyl sites for hydroxylation is 1. The largest absolute Gasteiger partial charge is 0.396 e. The number of nitrogens with zero attached hydrogens (tertiary/aromatic N) is 1. The van der Waals surface area contributed by atoms with Crippen LogP contribution in [0.4, 0.5) is 0 Å². The minimum Gasteiger partial charge on any atom is -0.396 e. The number of pyridine rings is 1. The molecule has 2 unspecified atom stereocenters. The molecule has 2 nitrogen and oxygen atoms in total. The fourth-order valence-corrected chi connectivity index (χ4v) is 1.51. The standard InChI is InChI=1S/C10H13NO/c1-7-2-3-10(11-5-7)9-4-8(9)6-12/h2-3,5,8-9,12H,4,6H2,1H3. The number of aromatic nitrogens is 1. The molecule has 0 amide bonds. The maximum atomic E-state index is 8.86. The third-order valence-corrected chi connectivity index (χ3v) is 2.47. The van der Waals surface area contributed by atoms with E-state index < -0.39 is 0 Å². The van der Waals surface area contributed by atoms with Gasteiger partial charge in [0.1, 0.15) is 0 Å². The number of aliphatic hydroxyl groups excluding tert-OH is 1. The highest BCUT2D eigenvalue weighted by Crippen LogP contribution is 2.45. The van der Waals surface area contributed by atoms with Crippen molar-refractivity contribution in [2.75, 3.05) is 6.61 Å². The second kappa shape index (κ2) is 2.87. The summed E-state index contributed by atoms with van der Waals surface area (Å²) in [7, 11) is 0. The van der Waals surface area contributed by atoms with Crippen molar-refractivity contribution in [3.63, 3.8) is 0 Å². The molecule has 12 heavy (non-hydrogen) atoms. The van der Waals surface area contributed by atoms with Crippen molar-refractivity contribution in [2.45, 2.75) is 19.3 Å². The van der Waals surface area contributed by atoms with Gasteiger partial charge in [0.2, 0.25) is 0 Å². The SMILES string of the molecule is Cc1ccc(C2CC2CO)nc1. The Bertz CT molecular complexity index is 268. The number of hydrogen-bond acceptors (Lipinski definition) is 2. The lowest BCUT2D eigenvalue weighted by atomic mass is 10.2. The van der Waals surface area contributed by atoms with Gasteiger partial charge in [-0.15, -0.1) is 0 Å². The van der Waals surface area contributed by atoms with Crippen molar-refractivity contribution in [1.29, 1.82) is 0 Å². The Hall–Kier alpha value is -0.890. The van der Waals surface area contributed by atoms with Crippen LogP contribution in [0.3, 0.4) is 0 Å². The van der Waals surface area contributed by atoms with Crippen LogP contribution >= 0.6 is 0 Å². The molecular weight excluding hydrogens is 150 g/mol. The fourth-order valence-electron chi connectivity index (χ4n) is 1.51. The molecule has 2 rings (SSSR count). The highest BCUT2D eigenvalue weighted by Gasteiger charge is 2.38. The minimum atomic E-state index is 0.306. The smallest absolute Gasteiger partial charge is 0.0465 e. The van der Waals surface area contributed by atoms with Gasteiger partial charge in [-0.2, -0.15) is 0 Å². The number of aliphatic hydroxyl groups is 1. The summed E-state index contributed by atoms with van der Waals surface area (Å²) in [5.74, 6) is 0.996. The quantitative estimate of drug-likeness (QED) is 0.716. The van der Waals surface area contributed by atoms with Crippen LogP contribution in [0.15, 0.2) is 18.3 Å². The van der Waals surface area contributed by atoms with Crippen molar-refractivity contribution in [2.24, 2.45) is 5.92 Å². The van der Waals surface area contributed by atoms with E-state index in [1.54, 1.807) is 0 Å². The number of rotatable bonds is 2. The molecule has 0 bridgehead atoms. The predicted molar refractivity (Wildman–Crippen MR) is 46.9 cm³/mol. The van der Waals surface area contributed by atoms with Gasteiger partial charge >= 0.3 is 0 Å². The van der Waals surface area contributed by atoms with Crippen molar-refractivity contribution >= 4 is 0 Å². The molecule has 2 atom stereocenters. The maximum absolute atomic E-state index is 8.86. The molecule has 2 heteroatoms. The van der Waals surface area contributed by atoms with Crippen LogP contribution in [0.2, 0.25) is 0 Å². The Labute approximate surface area is 72.3 Å². The summed E-state index contributed by atoms with van der Waals surface area (Å²) in [6.45, 7) is 2.34. The molecule has 1 saturated carbocycles. The van der Waals surface area contributed by atoms with Crippen LogP contribution in [0, 0.1) is 12.8 Å². The van der Waals surface area contributed by atoms with Crippen LogP contribution in [-0.4, -0.2) is 16.7 Å².